The van der Waals surface area contributed by atoms with Gasteiger partial charge in [0.1, 0.15) is 0 Å². The first kappa shape index (κ1) is 9.04. The summed E-state index contributed by atoms with van der Waals surface area (Å²) in [6.07, 6.45) is 0. The lowest BCUT2D eigenvalue weighted by Gasteiger charge is -1.99. The van der Waals surface area contributed by atoms with Gasteiger partial charge in [-0.2, -0.15) is 9.98 Å². The molecule has 0 amide bonds. The molecule has 1 aromatic rings. The van der Waals surface area contributed by atoms with Crippen molar-refractivity contribution in [1.82, 2.24) is 13.2 Å². The van der Waals surface area contributed by atoms with Crippen molar-refractivity contribution < 1.29 is 4.84 Å². The standard InChI is InChI=1S/C3H2Cl2N4O3/c4-8-1(10)7-2(12-6)9(5)3(8)11/h6H2. The molecular formula is C3H2Cl2N4O3. The van der Waals surface area contributed by atoms with Crippen LogP contribution in [0, 0.1) is 0 Å². The Kier molecular flexibility index (Phi) is 2.36. The van der Waals surface area contributed by atoms with Crippen LogP contribution >= 0.6 is 23.6 Å². The van der Waals surface area contributed by atoms with Crippen LogP contribution < -0.4 is 22.1 Å². The van der Waals surface area contributed by atoms with E-state index in [2.05, 4.69) is 15.7 Å². The van der Waals surface area contributed by atoms with Crippen molar-refractivity contribution in [2.24, 2.45) is 5.90 Å². The summed E-state index contributed by atoms with van der Waals surface area (Å²) in [5.41, 5.74) is -2.02. The number of halogens is 2. The molecule has 0 radical (unpaired) electrons. The molecule has 0 aliphatic carbocycles. The first-order valence-electron chi connectivity index (χ1n) is 2.53. The van der Waals surface area contributed by atoms with E-state index in [1.807, 2.05) is 0 Å². The number of hydrogen-bond acceptors (Lipinski definition) is 5. The number of nitrogens with two attached hydrogens (primary N) is 1. The van der Waals surface area contributed by atoms with E-state index in [-0.39, 0.29) is 4.09 Å². The molecule has 7 nitrogen and oxygen atoms in total. The molecule has 1 aromatic heterocycles. The zero-order valence-electron chi connectivity index (χ0n) is 5.40. The molecule has 0 spiro atoms. The highest BCUT2D eigenvalue weighted by atomic mass is 35.5. The quantitative estimate of drug-likeness (QED) is 0.583. The minimum Gasteiger partial charge on any atom is -0.371 e. The average Bonchev–Trinajstić information content (AvgIpc) is 2.08. The van der Waals surface area contributed by atoms with E-state index in [9.17, 15) is 9.59 Å². The van der Waals surface area contributed by atoms with Crippen molar-refractivity contribution in [2.75, 3.05) is 0 Å². The molecule has 12 heavy (non-hydrogen) atoms. The Morgan fingerprint density at radius 2 is 1.92 bits per heavy atom. The van der Waals surface area contributed by atoms with Crippen LogP contribution in [0.25, 0.3) is 0 Å². The van der Waals surface area contributed by atoms with Crippen LogP contribution in [0.1, 0.15) is 0 Å². The van der Waals surface area contributed by atoms with Gasteiger partial charge in [-0.25, -0.2) is 9.59 Å². The van der Waals surface area contributed by atoms with Crippen LogP contribution in [0.15, 0.2) is 9.59 Å². The van der Waals surface area contributed by atoms with E-state index in [4.69, 9.17) is 23.6 Å². The zero-order chi connectivity index (χ0) is 9.30. The smallest absolute Gasteiger partial charge is 0.371 e. The van der Waals surface area contributed by atoms with Gasteiger partial charge in [0, 0.05) is 23.6 Å². The Hall–Kier alpha value is -1.05. The van der Waals surface area contributed by atoms with Crippen LogP contribution in [0.4, 0.5) is 0 Å². The molecule has 0 fully saturated rings. The van der Waals surface area contributed by atoms with E-state index < -0.39 is 17.4 Å². The SMILES string of the molecule is NOc1nc(=O)n(Cl)c(=O)n1Cl. The Labute approximate surface area is 75.1 Å². The van der Waals surface area contributed by atoms with Crippen LogP contribution in [0.5, 0.6) is 6.01 Å². The molecule has 0 aromatic carbocycles. The van der Waals surface area contributed by atoms with Crippen LogP contribution in [-0.2, 0) is 0 Å². The summed E-state index contributed by atoms with van der Waals surface area (Å²) in [4.78, 5) is 28.7. The summed E-state index contributed by atoms with van der Waals surface area (Å²) in [5.74, 6) is 4.64. The summed E-state index contributed by atoms with van der Waals surface area (Å²) >= 11 is 10.4. The lowest BCUT2D eigenvalue weighted by molar-refractivity contribution is 0.296. The lowest BCUT2D eigenvalue weighted by Crippen LogP contribution is -2.35. The highest BCUT2D eigenvalue weighted by Gasteiger charge is 2.10. The van der Waals surface area contributed by atoms with Crippen LogP contribution in [-0.4, -0.2) is 13.2 Å². The second kappa shape index (κ2) is 3.13. The summed E-state index contributed by atoms with van der Waals surface area (Å²) in [5, 5.41) is 0. The summed E-state index contributed by atoms with van der Waals surface area (Å²) in [6.45, 7) is 0. The van der Waals surface area contributed by atoms with Gasteiger partial charge in [0.25, 0.3) is 0 Å². The van der Waals surface area contributed by atoms with Gasteiger partial charge in [-0.05, 0) is 0 Å². The molecule has 0 atom stereocenters. The highest BCUT2D eigenvalue weighted by molar-refractivity contribution is 6.17. The fourth-order valence-electron chi connectivity index (χ4n) is 0.483. The number of rotatable bonds is 1. The van der Waals surface area contributed by atoms with Crippen LogP contribution in [0.3, 0.4) is 0 Å². The van der Waals surface area contributed by atoms with Crippen LogP contribution in [0.2, 0.25) is 0 Å². The van der Waals surface area contributed by atoms with E-state index in [0.29, 0.717) is 4.09 Å². The molecule has 0 saturated carbocycles. The van der Waals surface area contributed by atoms with Crippen molar-refractivity contribution in [3.05, 3.63) is 21.0 Å². The first-order chi connectivity index (χ1) is 5.57. The molecule has 0 unspecified atom stereocenters. The first-order valence-corrected chi connectivity index (χ1v) is 3.20. The molecule has 1 rings (SSSR count). The van der Waals surface area contributed by atoms with Gasteiger partial charge >= 0.3 is 17.4 Å². The van der Waals surface area contributed by atoms with Gasteiger partial charge in [-0.1, -0.05) is 0 Å². The molecule has 2 N–H and O–H groups in total. The summed E-state index contributed by atoms with van der Waals surface area (Å²) in [6, 6.07) is -0.524. The topological polar surface area (TPSA) is 92.1 Å². The highest BCUT2D eigenvalue weighted by Crippen LogP contribution is 1.98. The number of nitrogens with zero attached hydrogens (tertiary/aromatic N) is 3. The zero-order valence-corrected chi connectivity index (χ0v) is 6.91. The fourth-order valence-corrected chi connectivity index (χ4v) is 0.788. The van der Waals surface area contributed by atoms with Gasteiger partial charge < -0.3 is 4.84 Å². The average molecular weight is 213 g/mol. The molecular weight excluding hydrogens is 211 g/mol. The number of hydrogen-bond donors (Lipinski definition) is 1. The third-order valence-corrected chi connectivity index (χ3v) is 1.55. The molecule has 0 saturated heterocycles. The van der Waals surface area contributed by atoms with E-state index in [1.165, 1.54) is 0 Å². The van der Waals surface area contributed by atoms with Crippen molar-refractivity contribution in [3.63, 3.8) is 0 Å². The molecule has 0 aliphatic heterocycles. The largest absolute Gasteiger partial charge is 0.371 e. The normalized spacial score (nSPS) is 9.92. The Morgan fingerprint density at radius 3 is 2.42 bits per heavy atom. The van der Waals surface area contributed by atoms with Gasteiger partial charge in [0.2, 0.25) is 0 Å². The van der Waals surface area contributed by atoms with Crippen molar-refractivity contribution >= 4 is 23.6 Å². The van der Waals surface area contributed by atoms with E-state index >= 15 is 0 Å². The van der Waals surface area contributed by atoms with Crippen molar-refractivity contribution in [2.45, 2.75) is 0 Å². The van der Waals surface area contributed by atoms with Gasteiger partial charge in [0.15, 0.2) is 0 Å². The van der Waals surface area contributed by atoms with Crippen molar-refractivity contribution in [3.8, 4) is 6.01 Å². The maximum absolute atomic E-state index is 10.9. The van der Waals surface area contributed by atoms with Gasteiger partial charge in [-0.15, -0.1) is 9.07 Å². The monoisotopic (exact) mass is 212 g/mol. The molecule has 0 aliphatic rings. The molecule has 66 valence electrons. The maximum Gasteiger partial charge on any atom is 0.371 e. The maximum atomic E-state index is 10.9. The second-order valence-electron chi connectivity index (χ2n) is 1.64. The predicted octanol–water partition coefficient (Wildman–Crippen LogP) is -1.34. The van der Waals surface area contributed by atoms with E-state index in [0.717, 1.165) is 0 Å². The minimum absolute atomic E-state index is 0.190. The minimum atomic E-state index is -1.01. The Morgan fingerprint density at radius 1 is 1.33 bits per heavy atom. The summed E-state index contributed by atoms with van der Waals surface area (Å²) < 4.78 is 0.559. The molecule has 1 heterocycles. The Bertz CT molecular complexity index is 409. The van der Waals surface area contributed by atoms with Gasteiger partial charge in [0.05, 0.1) is 0 Å². The predicted molar refractivity (Wildman–Crippen MR) is 40.1 cm³/mol. The summed E-state index contributed by atoms with van der Waals surface area (Å²) in [7, 11) is 0. The number of aromatic nitrogens is 3. The molecule has 9 heteroatoms. The lowest BCUT2D eigenvalue weighted by atomic mass is 11.0. The van der Waals surface area contributed by atoms with E-state index in [1.54, 1.807) is 0 Å². The van der Waals surface area contributed by atoms with Gasteiger partial charge in [-0.3, -0.25) is 0 Å². The molecule has 0 bridgehead atoms. The van der Waals surface area contributed by atoms with Crippen molar-refractivity contribution in [1.29, 1.82) is 0 Å². The third-order valence-electron chi connectivity index (χ3n) is 0.968. The third kappa shape index (κ3) is 1.29. The fraction of sp³-hybridized carbons (Fsp3) is 0. The Balaban J connectivity index is 3.61. The second-order valence-corrected chi connectivity index (χ2v) is 2.32.